The summed E-state index contributed by atoms with van der Waals surface area (Å²) in [5.41, 5.74) is 0. The zero-order valence-corrected chi connectivity index (χ0v) is 4.75. The fourth-order valence-corrected chi connectivity index (χ4v) is 0. The van der Waals surface area contributed by atoms with Crippen LogP contribution in [-0.2, 0) is 17.1 Å². The number of hydrogen-bond acceptors (Lipinski definition) is 4. The molecule has 0 radical (unpaired) electrons. The molecule has 0 aliphatic carbocycles. The number of rotatable bonds is 0. The topological polar surface area (TPSA) is 80.9 Å². The van der Waals surface area contributed by atoms with Crippen molar-refractivity contribution in [2.45, 2.75) is 0 Å². The molecule has 42 valence electrons. The molecule has 0 amide bonds. The Bertz CT molecular complexity index is 27.2. The molecule has 4 nitrogen and oxygen atoms in total. The Kier molecular flexibility index (Phi) is 12.9. The van der Waals surface area contributed by atoms with E-state index in [0.29, 0.717) is 0 Å². The minimum absolute atomic E-state index is 0. The number of hydrogen-bond donors (Lipinski definition) is 4. The van der Waals surface area contributed by atoms with Crippen molar-refractivity contribution in [1.82, 2.24) is 0 Å². The molecular weight excluding hydrogens is 171 g/mol. The van der Waals surface area contributed by atoms with Crippen molar-refractivity contribution in [3.8, 4) is 0 Å². The SMILES string of the molecule is O[Si](O)(O)O.[Fe].[NaH]. The molecule has 0 spiro atoms. The van der Waals surface area contributed by atoms with Gasteiger partial charge < -0.3 is 19.2 Å². The van der Waals surface area contributed by atoms with Gasteiger partial charge in [0, 0.05) is 17.1 Å². The van der Waals surface area contributed by atoms with Crippen LogP contribution in [0.5, 0.6) is 0 Å². The van der Waals surface area contributed by atoms with Crippen LogP contribution in [-0.4, -0.2) is 57.8 Å². The summed E-state index contributed by atoms with van der Waals surface area (Å²) < 4.78 is 0. The van der Waals surface area contributed by atoms with E-state index >= 15 is 0 Å². The Morgan fingerprint density at radius 3 is 0.857 bits per heavy atom. The van der Waals surface area contributed by atoms with Crippen LogP contribution in [0.1, 0.15) is 0 Å². The third kappa shape index (κ3) is 94.8. The molecular formula is H5FeNaO4Si. The van der Waals surface area contributed by atoms with Gasteiger partial charge in [-0.2, -0.15) is 0 Å². The van der Waals surface area contributed by atoms with Crippen molar-refractivity contribution in [3.63, 3.8) is 0 Å². The first-order valence-corrected chi connectivity index (χ1v) is 2.68. The van der Waals surface area contributed by atoms with Gasteiger partial charge in [0.25, 0.3) is 0 Å². The van der Waals surface area contributed by atoms with Gasteiger partial charge in [-0.15, -0.1) is 0 Å². The minimum atomic E-state index is -4.61. The van der Waals surface area contributed by atoms with E-state index in [0.717, 1.165) is 0 Å². The van der Waals surface area contributed by atoms with Crippen LogP contribution in [0.2, 0.25) is 0 Å². The summed E-state index contributed by atoms with van der Waals surface area (Å²) in [6.45, 7) is 0. The van der Waals surface area contributed by atoms with Gasteiger partial charge in [0.1, 0.15) is 0 Å². The van der Waals surface area contributed by atoms with E-state index in [-0.39, 0.29) is 46.6 Å². The van der Waals surface area contributed by atoms with Gasteiger partial charge in [-0.1, -0.05) is 0 Å². The molecule has 0 aliphatic rings. The third-order valence-electron chi connectivity index (χ3n) is 0. The van der Waals surface area contributed by atoms with Gasteiger partial charge in [-0.25, -0.2) is 0 Å². The molecule has 0 saturated heterocycles. The molecule has 7 heteroatoms. The van der Waals surface area contributed by atoms with E-state index in [1.165, 1.54) is 0 Å². The van der Waals surface area contributed by atoms with Crippen molar-refractivity contribution < 1.29 is 36.3 Å². The zero-order chi connectivity index (χ0) is 4.50. The summed E-state index contributed by atoms with van der Waals surface area (Å²) >= 11 is 0. The second-order valence-corrected chi connectivity index (χ2v) is 1.80. The first kappa shape index (κ1) is 15.8. The first-order chi connectivity index (χ1) is 2.00. The van der Waals surface area contributed by atoms with Crippen LogP contribution in [0.15, 0.2) is 0 Å². The van der Waals surface area contributed by atoms with Crippen molar-refractivity contribution in [2.75, 3.05) is 0 Å². The van der Waals surface area contributed by atoms with Crippen LogP contribution >= 0.6 is 0 Å². The van der Waals surface area contributed by atoms with E-state index < -0.39 is 9.05 Å². The molecule has 4 N–H and O–H groups in total. The molecule has 0 unspecified atom stereocenters. The molecule has 0 fully saturated rings. The quantitative estimate of drug-likeness (QED) is 0.292. The van der Waals surface area contributed by atoms with Crippen molar-refractivity contribution >= 4 is 38.6 Å². The second kappa shape index (κ2) is 5.71. The van der Waals surface area contributed by atoms with Crippen LogP contribution in [0.3, 0.4) is 0 Å². The first-order valence-electron chi connectivity index (χ1n) is 0.894. The molecule has 0 heterocycles. The van der Waals surface area contributed by atoms with Crippen LogP contribution < -0.4 is 0 Å². The second-order valence-electron chi connectivity index (χ2n) is 0.600. The summed E-state index contributed by atoms with van der Waals surface area (Å²) in [5, 5.41) is 0. The molecule has 0 bridgehead atoms. The fourth-order valence-electron chi connectivity index (χ4n) is 0. The van der Waals surface area contributed by atoms with Crippen molar-refractivity contribution in [1.29, 1.82) is 0 Å². The maximum atomic E-state index is 7.33. The molecule has 0 aromatic rings. The molecule has 0 saturated carbocycles. The molecule has 0 aromatic carbocycles. The summed E-state index contributed by atoms with van der Waals surface area (Å²) in [6.07, 6.45) is 0. The maximum absolute atomic E-state index is 7.33. The van der Waals surface area contributed by atoms with Crippen molar-refractivity contribution in [2.24, 2.45) is 0 Å². The Labute approximate surface area is 74.4 Å². The van der Waals surface area contributed by atoms with E-state index in [1.807, 2.05) is 0 Å². The Balaban J connectivity index is -0.0000000800. The van der Waals surface area contributed by atoms with Gasteiger partial charge in [-0.3, -0.25) is 0 Å². The van der Waals surface area contributed by atoms with E-state index in [9.17, 15) is 0 Å². The Hall–Kier alpha value is 1.58. The molecule has 0 rings (SSSR count). The molecule has 0 aromatic heterocycles. The predicted octanol–water partition coefficient (Wildman–Crippen LogP) is -3.26. The van der Waals surface area contributed by atoms with Crippen LogP contribution in [0.4, 0.5) is 0 Å². The van der Waals surface area contributed by atoms with Gasteiger partial charge in [0.15, 0.2) is 0 Å². The standard InChI is InChI=1S/Fe.Na.H4O4Si.H/c;;1-5(2,3)4;/h;;1-4H;. The third-order valence-corrected chi connectivity index (χ3v) is 0. The Morgan fingerprint density at radius 1 is 0.857 bits per heavy atom. The average Bonchev–Trinajstić information content (AvgIpc) is 0.722. The van der Waals surface area contributed by atoms with Gasteiger partial charge >= 0.3 is 38.6 Å². The van der Waals surface area contributed by atoms with E-state index in [2.05, 4.69) is 0 Å². The summed E-state index contributed by atoms with van der Waals surface area (Å²) in [6, 6.07) is 0. The summed E-state index contributed by atoms with van der Waals surface area (Å²) in [4.78, 5) is 29.3. The Morgan fingerprint density at radius 2 is 0.857 bits per heavy atom. The van der Waals surface area contributed by atoms with E-state index in [4.69, 9.17) is 19.2 Å². The van der Waals surface area contributed by atoms with Gasteiger partial charge in [-0.05, 0) is 0 Å². The summed E-state index contributed by atoms with van der Waals surface area (Å²) in [5.74, 6) is 0. The molecule has 0 aliphatic heterocycles. The fraction of sp³-hybridized carbons (Fsp3) is 0. The monoisotopic (exact) mass is 176 g/mol. The average molecular weight is 176 g/mol. The zero-order valence-electron chi connectivity index (χ0n) is 2.64. The predicted molar refractivity (Wildman–Crippen MR) is 21.8 cm³/mol. The van der Waals surface area contributed by atoms with Crippen molar-refractivity contribution in [3.05, 3.63) is 0 Å². The van der Waals surface area contributed by atoms with E-state index in [1.54, 1.807) is 0 Å². The molecule has 0 atom stereocenters. The van der Waals surface area contributed by atoms with Gasteiger partial charge in [0.2, 0.25) is 0 Å². The normalized spacial score (nSPS) is 8.57. The van der Waals surface area contributed by atoms with Gasteiger partial charge in [0.05, 0.1) is 0 Å². The van der Waals surface area contributed by atoms with Crippen LogP contribution in [0.25, 0.3) is 0 Å². The summed E-state index contributed by atoms with van der Waals surface area (Å²) in [7, 11) is -4.61. The molecule has 7 heavy (non-hydrogen) atoms. The van der Waals surface area contributed by atoms with Crippen LogP contribution in [0, 0.1) is 0 Å².